The Bertz CT molecular complexity index is 632. The molecular weight excluding hydrogens is 359 g/mol. The predicted molar refractivity (Wildman–Crippen MR) is 99.1 cm³/mol. The summed E-state index contributed by atoms with van der Waals surface area (Å²) in [7, 11) is 2.00. The van der Waals surface area contributed by atoms with Gasteiger partial charge < -0.3 is 9.80 Å². The molecule has 5 nitrogen and oxygen atoms in total. The first-order valence-electron chi connectivity index (χ1n) is 9.25. The van der Waals surface area contributed by atoms with Gasteiger partial charge in [0.05, 0.1) is 0 Å². The molecule has 0 N–H and O–H groups in total. The molecule has 1 aromatic heterocycles. The van der Waals surface area contributed by atoms with E-state index in [0.717, 1.165) is 32.1 Å². The Labute approximate surface area is 158 Å². The van der Waals surface area contributed by atoms with Crippen LogP contribution in [0.3, 0.4) is 0 Å². The molecule has 0 unspecified atom stereocenters. The van der Waals surface area contributed by atoms with E-state index in [1.165, 1.54) is 19.3 Å². The zero-order valence-electron chi connectivity index (χ0n) is 14.5. The van der Waals surface area contributed by atoms with E-state index in [-0.39, 0.29) is 0 Å². The van der Waals surface area contributed by atoms with Crippen LogP contribution in [-0.4, -0.2) is 45.9 Å². The van der Waals surface area contributed by atoms with Crippen LogP contribution in [0.2, 0.25) is 10.3 Å². The van der Waals surface area contributed by atoms with Gasteiger partial charge >= 0.3 is 0 Å². The van der Waals surface area contributed by atoms with Crippen molar-refractivity contribution in [2.45, 2.75) is 69.5 Å². The van der Waals surface area contributed by atoms with Crippen molar-refractivity contribution in [2.24, 2.45) is 5.92 Å². The lowest BCUT2D eigenvalue weighted by atomic mass is 9.81. The Morgan fingerprint density at radius 2 is 1.76 bits per heavy atom. The summed E-state index contributed by atoms with van der Waals surface area (Å²) >= 11 is 12.1. The van der Waals surface area contributed by atoms with Crippen LogP contribution in [-0.2, 0) is 4.79 Å². The van der Waals surface area contributed by atoms with Gasteiger partial charge in [-0.15, -0.1) is 0 Å². The second kappa shape index (κ2) is 6.92. The van der Waals surface area contributed by atoms with Gasteiger partial charge in [-0.2, -0.15) is 0 Å². The quantitative estimate of drug-likeness (QED) is 0.740. The largest absolute Gasteiger partial charge is 0.341 e. The lowest BCUT2D eigenvalue weighted by Crippen LogP contribution is -2.58. The van der Waals surface area contributed by atoms with Crippen LogP contribution in [0.25, 0.3) is 0 Å². The first kappa shape index (κ1) is 17.3. The number of amides is 1. The number of aromatic nitrogens is 2. The summed E-state index contributed by atoms with van der Waals surface area (Å²) in [6.45, 7) is 0. The van der Waals surface area contributed by atoms with E-state index in [1.54, 1.807) is 6.07 Å². The van der Waals surface area contributed by atoms with Gasteiger partial charge in [0, 0.05) is 37.7 Å². The summed E-state index contributed by atoms with van der Waals surface area (Å²) in [5.41, 5.74) is 0. The molecule has 0 radical (unpaired) electrons. The monoisotopic (exact) mass is 382 g/mol. The van der Waals surface area contributed by atoms with Crippen molar-refractivity contribution in [2.75, 3.05) is 11.9 Å². The number of fused-ring (bicyclic) bond motifs is 2. The highest BCUT2D eigenvalue weighted by atomic mass is 35.5. The third-order valence-corrected chi connectivity index (χ3v) is 6.30. The van der Waals surface area contributed by atoms with E-state index < -0.39 is 0 Å². The van der Waals surface area contributed by atoms with Crippen molar-refractivity contribution in [3.63, 3.8) is 0 Å². The van der Waals surface area contributed by atoms with Crippen molar-refractivity contribution >= 4 is 35.1 Å². The van der Waals surface area contributed by atoms with E-state index in [0.29, 0.717) is 46.2 Å². The zero-order valence-corrected chi connectivity index (χ0v) is 16.0. The highest BCUT2D eigenvalue weighted by Gasteiger charge is 2.43. The number of anilines is 1. The van der Waals surface area contributed by atoms with Gasteiger partial charge in [0.1, 0.15) is 10.3 Å². The van der Waals surface area contributed by atoms with Crippen molar-refractivity contribution < 1.29 is 4.79 Å². The fourth-order valence-corrected chi connectivity index (χ4v) is 4.86. The molecule has 2 aliphatic heterocycles. The average molecular weight is 383 g/mol. The normalized spacial score (nSPS) is 28.8. The average Bonchev–Trinajstić information content (AvgIpc) is 3.35. The molecule has 1 aliphatic carbocycles. The number of halogens is 2. The standard InChI is InChI=1S/C18H24Cl2N4O/c1-23(18-21-15(19)10-16(20)22-18)14-8-12-3-2-4-13(9-14)24(12)17(25)7-11-5-6-11/h10-14H,2-9H2,1H3/t12-,13+,14-. The number of piperidine rings is 2. The Hall–Kier alpha value is -1.07. The van der Waals surface area contributed by atoms with E-state index in [9.17, 15) is 4.79 Å². The van der Waals surface area contributed by atoms with E-state index in [4.69, 9.17) is 23.2 Å². The van der Waals surface area contributed by atoms with Crippen molar-refractivity contribution in [3.8, 4) is 0 Å². The first-order chi connectivity index (χ1) is 12.0. The van der Waals surface area contributed by atoms with E-state index in [2.05, 4.69) is 19.8 Å². The maximum absolute atomic E-state index is 12.8. The zero-order chi connectivity index (χ0) is 17.6. The van der Waals surface area contributed by atoms with Crippen molar-refractivity contribution in [1.82, 2.24) is 14.9 Å². The fraction of sp³-hybridized carbons (Fsp3) is 0.722. The molecule has 7 heteroatoms. The SMILES string of the molecule is CN(c1nc(Cl)cc(Cl)n1)[C@@H]1C[C@H]2CCC[C@@H](C1)N2C(=O)CC1CC1. The highest BCUT2D eigenvalue weighted by Crippen LogP contribution is 2.39. The smallest absolute Gasteiger partial charge is 0.228 e. The van der Waals surface area contributed by atoms with Gasteiger partial charge in [-0.1, -0.05) is 23.2 Å². The first-order valence-corrected chi connectivity index (χ1v) is 10.0. The summed E-state index contributed by atoms with van der Waals surface area (Å²) in [4.78, 5) is 25.7. The molecule has 136 valence electrons. The van der Waals surface area contributed by atoms with Crippen LogP contribution in [0.1, 0.15) is 51.4 Å². The van der Waals surface area contributed by atoms with Gasteiger partial charge in [0.15, 0.2) is 0 Å². The van der Waals surface area contributed by atoms with E-state index in [1.807, 2.05) is 7.05 Å². The van der Waals surface area contributed by atoms with Crippen LogP contribution >= 0.6 is 23.2 Å². The summed E-state index contributed by atoms with van der Waals surface area (Å²) < 4.78 is 0. The molecule has 3 fully saturated rings. The Balaban J connectivity index is 1.49. The topological polar surface area (TPSA) is 49.3 Å². The number of carbonyl (C=O) groups is 1. The Morgan fingerprint density at radius 3 is 2.32 bits per heavy atom. The molecule has 1 saturated carbocycles. The molecular formula is C18H24Cl2N4O. The van der Waals surface area contributed by atoms with E-state index >= 15 is 0 Å². The third kappa shape index (κ3) is 3.72. The maximum atomic E-state index is 12.8. The number of nitrogens with zero attached hydrogens (tertiary/aromatic N) is 4. The molecule has 4 rings (SSSR count). The molecule has 1 amide bonds. The predicted octanol–water partition coefficient (Wildman–Crippen LogP) is 3.93. The third-order valence-electron chi connectivity index (χ3n) is 5.91. The van der Waals surface area contributed by atoms with Crippen molar-refractivity contribution in [3.05, 3.63) is 16.4 Å². The summed E-state index contributed by atoms with van der Waals surface area (Å²) in [5.74, 6) is 1.59. The lowest BCUT2D eigenvalue weighted by molar-refractivity contribution is -0.141. The number of carbonyl (C=O) groups excluding carboxylic acids is 1. The molecule has 25 heavy (non-hydrogen) atoms. The van der Waals surface area contributed by atoms with Crippen molar-refractivity contribution in [1.29, 1.82) is 0 Å². The maximum Gasteiger partial charge on any atom is 0.228 e. The second-order valence-corrected chi connectivity index (χ2v) is 8.51. The summed E-state index contributed by atoms with van der Waals surface area (Å²) in [6.07, 6.45) is 8.58. The Morgan fingerprint density at radius 1 is 1.16 bits per heavy atom. The molecule has 3 heterocycles. The van der Waals surface area contributed by atoms with Crippen LogP contribution < -0.4 is 4.90 Å². The van der Waals surface area contributed by atoms with Gasteiger partial charge in [0.25, 0.3) is 0 Å². The summed E-state index contributed by atoms with van der Waals surface area (Å²) in [6, 6.07) is 2.56. The Kier molecular flexibility index (Phi) is 4.80. The van der Waals surface area contributed by atoms with Crippen LogP contribution in [0, 0.1) is 5.92 Å². The van der Waals surface area contributed by atoms with Gasteiger partial charge in [-0.25, -0.2) is 9.97 Å². The van der Waals surface area contributed by atoms with Gasteiger partial charge in [0.2, 0.25) is 11.9 Å². The van der Waals surface area contributed by atoms with Gasteiger partial charge in [-0.05, 0) is 50.9 Å². The molecule has 0 aromatic carbocycles. The molecule has 0 spiro atoms. The minimum atomic E-state index is 0.315. The molecule has 3 aliphatic rings. The molecule has 3 atom stereocenters. The van der Waals surface area contributed by atoms with Crippen LogP contribution in [0.15, 0.2) is 6.07 Å². The second-order valence-electron chi connectivity index (χ2n) is 7.74. The number of rotatable bonds is 4. The summed E-state index contributed by atoms with van der Waals surface area (Å²) in [5, 5.41) is 0.721. The van der Waals surface area contributed by atoms with Crippen LogP contribution in [0.4, 0.5) is 5.95 Å². The molecule has 2 saturated heterocycles. The van der Waals surface area contributed by atoms with Gasteiger partial charge in [-0.3, -0.25) is 4.79 Å². The fourth-order valence-electron chi connectivity index (χ4n) is 4.45. The number of hydrogen-bond acceptors (Lipinski definition) is 4. The highest BCUT2D eigenvalue weighted by molar-refractivity contribution is 6.33. The van der Waals surface area contributed by atoms with Crippen LogP contribution in [0.5, 0.6) is 0 Å². The lowest BCUT2D eigenvalue weighted by Gasteiger charge is -2.50. The minimum Gasteiger partial charge on any atom is -0.341 e. The molecule has 2 bridgehead atoms. The molecule has 1 aromatic rings. The number of hydrogen-bond donors (Lipinski definition) is 0. The minimum absolute atomic E-state index is 0.315.